The summed E-state index contributed by atoms with van der Waals surface area (Å²) in [5.41, 5.74) is 6.53. The highest BCUT2D eigenvalue weighted by atomic mass is 16.5. The van der Waals surface area contributed by atoms with Crippen LogP contribution in [0.1, 0.15) is 16.8 Å². The lowest BCUT2D eigenvalue weighted by molar-refractivity contribution is -0.139. The van der Waals surface area contributed by atoms with Gasteiger partial charge in [-0.2, -0.15) is 0 Å². The molecule has 0 spiro atoms. The van der Waals surface area contributed by atoms with Crippen molar-refractivity contribution in [1.82, 2.24) is 4.90 Å². The van der Waals surface area contributed by atoms with E-state index < -0.39 is 12.0 Å². The fraction of sp³-hybridized carbons (Fsp3) is 0.429. The summed E-state index contributed by atoms with van der Waals surface area (Å²) in [5, 5.41) is 8.94. The summed E-state index contributed by atoms with van der Waals surface area (Å²) in [4.78, 5) is 25.1. The van der Waals surface area contributed by atoms with E-state index in [0.717, 1.165) is 0 Å². The van der Waals surface area contributed by atoms with Gasteiger partial charge >= 0.3 is 5.97 Å². The van der Waals surface area contributed by atoms with E-state index in [-0.39, 0.29) is 18.9 Å². The molecule has 1 unspecified atom stereocenters. The van der Waals surface area contributed by atoms with Crippen molar-refractivity contribution in [3.63, 3.8) is 0 Å². The van der Waals surface area contributed by atoms with Gasteiger partial charge < -0.3 is 25.2 Å². The van der Waals surface area contributed by atoms with Crippen molar-refractivity contribution in [1.29, 1.82) is 0 Å². The number of nitrogens with two attached hydrogens (primary N) is 1. The van der Waals surface area contributed by atoms with E-state index in [2.05, 4.69) is 0 Å². The second kappa shape index (κ2) is 6.45. The number of aliphatic carboxylic acids is 1. The Balaban J connectivity index is 2.26. The number of carbonyl (C=O) groups excluding carboxylic acids is 1. The van der Waals surface area contributed by atoms with E-state index in [1.807, 2.05) is 0 Å². The highest BCUT2D eigenvalue weighted by molar-refractivity contribution is 5.97. The second-order valence-electron chi connectivity index (χ2n) is 4.78. The highest BCUT2D eigenvalue weighted by Gasteiger charge is 2.31. The molecular formula is C14H18N2O5. The van der Waals surface area contributed by atoms with E-state index >= 15 is 0 Å². The Bertz CT molecular complexity index is 546. The van der Waals surface area contributed by atoms with Gasteiger partial charge in [-0.15, -0.1) is 0 Å². The Labute approximate surface area is 122 Å². The number of rotatable bonds is 4. The number of methoxy groups -OCH3 is 1. The van der Waals surface area contributed by atoms with Crippen molar-refractivity contribution in [3.05, 3.63) is 23.8 Å². The Kier molecular flexibility index (Phi) is 4.64. The molecule has 0 radical (unpaired) electrons. The first-order valence-electron chi connectivity index (χ1n) is 6.57. The molecule has 1 aromatic rings. The zero-order valence-electron chi connectivity index (χ0n) is 11.7. The van der Waals surface area contributed by atoms with Crippen LogP contribution in [0.5, 0.6) is 5.75 Å². The van der Waals surface area contributed by atoms with Gasteiger partial charge in [0.25, 0.3) is 5.91 Å². The predicted octanol–water partition coefficient (Wildman–Crippen LogP) is 0.593. The van der Waals surface area contributed by atoms with Crippen LogP contribution in [-0.2, 0) is 9.53 Å². The summed E-state index contributed by atoms with van der Waals surface area (Å²) in [5.74, 6) is -0.866. The molecule has 1 heterocycles. The van der Waals surface area contributed by atoms with Crippen LogP contribution >= 0.6 is 0 Å². The molecule has 1 aliphatic rings. The van der Waals surface area contributed by atoms with Crippen molar-refractivity contribution < 1.29 is 24.2 Å². The van der Waals surface area contributed by atoms with Gasteiger partial charge in [0, 0.05) is 18.3 Å². The molecule has 1 fully saturated rings. The van der Waals surface area contributed by atoms with E-state index in [9.17, 15) is 9.59 Å². The minimum Gasteiger partial charge on any atom is -0.496 e. The number of carbonyl (C=O) groups is 2. The molecule has 21 heavy (non-hydrogen) atoms. The van der Waals surface area contributed by atoms with Crippen LogP contribution in [-0.4, -0.2) is 54.8 Å². The zero-order valence-corrected chi connectivity index (χ0v) is 11.7. The predicted molar refractivity (Wildman–Crippen MR) is 75.3 cm³/mol. The van der Waals surface area contributed by atoms with Crippen LogP contribution in [0.15, 0.2) is 18.2 Å². The van der Waals surface area contributed by atoms with E-state index in [0.29, 0.717) is 30.2 Å². The number of carboxylic acids is 1. The van der Waals surface area contributed by atoms with Gasteiger partial charge in [-0.1, -0.05) is 0 Å². The van der Waals surface area contributed by atoms with Crippen LogP contribution in [0.25, 0.3) is 0 Å². The Morgan fingerprint density at radius 2 is 2.29 bits per heavy atom. The Morgan fingerprint density at radius 1 is 1.52 bits per heavy atom. The van der Waals surface area contributed by atoms with E-state index in [1.54, 1.807) is 18.2 Å². The third-order valence-electron chi connectivity index (χ3n) is 3.35. The Morgan fingerprint density at radius 3 is 2.95 bits per heavy atom. The second-order valence-corrected chi connectivity index (χ2v) is 4.78. The molecule has 0 saturated carbocycles. The largest absolute Gasteiger partial charge is 0.496 e. The van der Waals surface area contributed by atoms with Crippen molar-refractivity contribution in [2.45, 2.75) is 12.5 Å². The number of amides is 1. The molecular weight excluding hydrogens is 276 g/mol. The monoisotopic (exact) mass is 294 g/mol. The normalized spacial score (nSPS) is 18.3. The SMILES string of the molecule is COc1cc(N)ccc1C(=O)N1CCOCC1CC(=O)O. The molecule has 0 aliphatic carbocycles. The number of carboxylic acid groups (broad SMARTS) is 1. The number of ether oxygens (including phenoxy) is 2. The van der Waals surface area contributed by atoms with E-state index in [1.165, 1.54) is 12.0 Å². The first kappa shape index (κ1) is 15.1. The summed E-state index contributed by atoms with van der Waals surface area (Å²) in [7, 11) is 1.46. The number of anilines is 1. The zero-order chi connectivity index (χ0) is 15.4. The van der Waals surface area contributed by atoms with Crippen LogP contribution in [0.2, 0.25) is 0 Å². The Hall–Kier alpha value is -2.28. The molecule has 1 saturated heterocycles. The lowest BCUT2D eigenvalue weighted by atomic mass is 10.1. The lowest BCUT2D eigenvalue weighted by Gasteiger charge is -2.35. The average Bonchev–Trinajstić information content (AvgIpc) is 2.46. The van der Waals surface area contributed by atoms with Gasteiger partial charge in [0.2, 0.25) is 0 Å². The third kappa shape index (κ3) is 3.43. The van der Waals surface area contributed by atoms with Crippen LogP contribution in [0.3, 0.4) is 0 Å². The standard InChI is InChI=1S/C14H18N2O5/c1-20-12-6-9(15)2-3-11(12)14(19)16-4-5-21-8-10(16)7-13(17)18/h2-3,6,10H,4-5,7-8,15H2,1H3,(H,17,18). The molecule has 3 N–H and O–H groups in total. The summed E-state index contributed by atoms with van der Waals surface area (Å²) in [6.45, 7) is 0.957. The van der Waals surface area contributed by atoms with Crippen LogP contribution in [0.4, 0.5) is 5.69 Å². The van der Waals surface area contributed by atoms with Crippen molar-refractivity contribution in [2.75, 3.05) is 32.6 Å². The number of benzene rings is 1. The summed E-state index contributed by atoms with van der Waals surface area (Å²) >= 11 is 0. The number of hydrogen-bond donors (Lipinski definition) is 2. The minimum absolute atomic E-state index is 0.150. The van der Waals surface area contributed by atoms with Gasteiger partial charge in [0.1, 0.15) is 5.75 Å². The van der Waals surface area contributed by atoms with Crippen molar-refractivity contribution >= 4 is 17.6 Å². The fourth-order valence-electron chi connectivity index (χ4n) is 2.33. The van der Waals surface area contributed by atoms with Crippen LogP contribution < -0.4 is 10.5 Å². The van der Waals surface area contributed by atoms with Crippen molar-refractivity contribution in [2.24, 2.45) is 0 Å². The minimum atomic E-state index is -0.965. The number of nitrogen functional groups attached to an aromatic ring is 1. The maximum absolute atomic E-state index is 12.6. The highest BCUT2D eigenvalue weighted by Crippen LogP contribution is 2.25. The summed E-state index contributed by atoms with van der Waals surface area (Å²) in [6.07, 6.45) is -0.150. The summed E-state index contributed by atoms with van der Waals surface area (Å²) in [6, 6.07) is 4.29. The van der Waals surface area contributed by atoms with Gasteiger partial charge in [-0.05, 0) is 12.1 Å². The molecule has 114 valence electrons. The van der Waals surface area contributed by atoms with E-state index in [4.69, 9.17) is 20.3 Å². The molecule has 7 nitrogen and oxygen atoms in total. The quantitative estimate of drug-likeness (QED) is 0.788. The molecule has 7 heteroatoms. The number of nitrogens with zero attached hydrogens (tertiary/aromatic N) is 1. The van der Waals surface area contributed by atoms with Gasteiger partial charge in [-0.3, -0.25) is 9.59 Å². The molecule has 0 bridgehead atoms. The third-order valence-corrected chi connectivity index (χ3v) is 3.35. The first-order valence-corrected chi connectivity index (χ1v) is 6.57. The molecule has 2 rings (SSSR count). The number of morpholine rings is 1. The smallest absolute Gasteiger partial charge is 0.305 e. The fourth-order valence-corrected chi connectivity index (χ4v) is 2.33. The summed E-state index contributed by atoms with van der Waals surface area (Å²) < 4.78 is 10.4. The molecule has 0 aromatic heterocycles. The molecule has 1 aromatic carbocycles. The van der Waals surface area contributed by atoms with Gasteiger partial charge in [0.05, 0.1) is 38.3 Å². The number of hydrogen-bond acceptors (Lipinski definition) is 5. The van der Waals surface area contributed by atoms with Crippen LogP contribution in [0, 0.1) is 0 Å². The van der Waals surface area contributed by atoms with Gasteiger partial charge in [-0.25, -0.2) is 0 Å². The molecule has 1 aliphatic heterocycles. The van der Waals surface area contributed by atoms with Crippen molar-refractivity contribution in [3.8, 4) is 5.75 Å². The molecule has 1 atom stereocenters. The topological polar surface area (TPSA) is 102 Å². The maximum atomic E-state index is 12.6. The first-order chi connectivity index (χ1) is 10.0. The maximum Gasteiger partial charge on any atom is 0.305 e. The average molecular weight is 294 g/mol. The molecule has 1 amide bonds. The lowest BCUT2D eigenvalue weighted by Crippen LogP contribution is -2.49. The van der Waals surface area contributed by atoms with Gasteiger partial charge in [0.15, 0.2) is 0 Å².